The van der Waals surface area contributed by atoms with Gasteiger partial charge in [-0.1, -0.05) is 60.7 Å². The third kappa shape index (κ3) is 4.00. The molecule has 1 aliphatic heterocycles. The van der Waals surface area contributed by atoms with Gasteiger partial charge in [0.25, 0.3) is 0 Å². The van der Waals surface area contributed by atoms with Crippen LogP contribution in [0, 0.1) is 5.92 Å². The summed E-state index contributed by atoms with van der Waals surface area (Å²) in [5.41, 5.74) is 1.19. The van der Waals surface area contributed by atoms with E-state index in [0.29, 0.717) is 18.8 Å². The first-order valence-electron chi connectivity index (χ1n) is 9.21. The molecule has 1 heterocycles. The van der Waals surface area contributed by atoms with Gasteiger partial charge in [-0.25, -0.2) is 0 Å². The van der Waals surface area contributed by atoms with Gasteiger partial charge < -0.3 is 9.64 Å². The second kappa shape index (κ2) is 7.62. The van der Waals surface area contributed by atoms with Gasteiger partial charge in [0.05, 0.1) is 5.92 Å². The summed E-state index contributed by atoms with van der Waals surface area (Å²) < 4.78 is 5.55. The minimum absolute atomic E-state index is 0.0198. The molecular weight excluding hydrogens is 338 g/mol. The number of benzene rings is 3. The van der Waals surface area contributed by atoms with Crippen molar-refractivity contribution in [1.29, 1.82) is 0 Å². The summed E-state index contributed by atoms with van der Waals surface area (Å²) in [6.45, 7) is 1.06. The molecule has 3 aromatic rings. The Morgan fingerprint density at radius 2 is 1.70 bits per heavy atom. The lowest BCUT2D eigenvalue weighted by Gasteiger charge is -2.16. The van der Waals surface area contributed by atoms with Gasteiger partial charge in [0.1, 0.15) is 5.75 Å². The molecule has 1 atom stereocenters. The number of carbonyl (C=O) groups is 2. The van der Waals surface area contributed by atoms with E-state index in [4.69, 9.17) is 4.74 Å². The Labute approximate surface area is 158 Å². The average Bonchev–Trinajstić information content (AvgIpc) is 3.08. The highest BCUT2D eigenvalue weighted by atomic mass is 16.5. The minimum Gasteiger partial charge on any atom is -0.426 e. The van der Waals surface area contributed by atoms with E-state index in [1.807, 2.05) is 66.7 Å². The van der Waals surface area contributed by atoms with Crippen LogP contribution in [0.5, 0.6) is 5.75 Å². The Hall–Kier alpha value is -3.14. The van der Waals surface area contributed by atoms with E-state index in [-0.39, 0.29) is 18.3 Å². The summed E-state index contributed by atoms with van der Waals surface area (Å²) in [4.78, 5) is 26.5. The van der Waals surface area contributed by atoms with Crippen LogP contribution in [0.15, 0.2) is 72.8 Å². The van der Waals surface area contributed by atoms with E-state index in [9.17, 15) is 9.59 Å². The lowest BCUT2D eigenvalue weighted by Crippen LogP contribution is -2.29. The van der Waals surface area contributed by atoms with Crippen LogP contribution in [0.2, 0.25) is 0 Å². The topological polar surface area (TPSA) is 46.6 Å². The van der Waals surface area contributed by atoms with Gasteiger partial charge in [0.15, 0.2) is 0 Å². The molecule has 4 rings (SSSR count). The van der Waals surface area contributed by atoms with E-state index < -0.39 is 5.92 Å². The second-order valence-corrected chi connectivity index (χ2v) is 6.91. The maximum absolute atomic E-state index is 12.5. The maximum Gasteiger partial charge on any atom is 0.316 e. The van der Waals surface area contributed by atoms with Gasteiger partial charge >= 0.3 is 5.97 Å². The smallest absolute Gasteiger partial charge is 0.316 e. The summed E-state index contributed by atoms with van der Waals surface area (Å²) in [7, 11) is 0. The summed E-state index contributed by atoms with van der Waals surface area (Å²) in [6, 6.07) is 23.6. The quantitative estimate of drug-likeness (QED) is 0.514. The van der Waals surface area contributed by atoms with Crippen LogP contribution in [-0.4, -0.2) is 29.9 Å². The molecule has 0 radical (unpaired) electrons. The standard InChI is InChI=1S/C23H21NO3/c25-22-15-20(16-24(22)13-12-17-6-2-1-3-7-17)23(26)27-21-11-10-18-8-4-5-9-19(18)14-21/h1-11,14,20H,12-13,15-16H2. The molecule has 0 saturated carbocycles. The molecule has 1 aliphatic rings. The van der Waals surface area contributed by atoms with Crippen molar-refractivity contribution in [2.75, 3.05) is 13.1 Å². The third-order valence-corrected chi connectivity index (χ3v) is 5.00. The monoisotopic (exact) mass is 359 g/mol. The Balaban J connectivity index is 1.36. The highest BCUT2D eigenvalue weighted by Crippen LogP contribution is 2.24. The lowest BCUT2D eigenvalue weighted by molar-refractivity contribution is -0.139. The molecule has 0 spiro atoms. The van der Waals surface area contributed by atoms with Crippen molar-refractivity contribution in [1.82, 2.24) is 4.90 Å². The van der Waals surface area contributed by atoms with Crippen molar-refractivity contribution in [2.45, 2.75) is 12.8 Å². The first kappa shape index (κ1) is 17.3. The van der Waals surface area contributed by atoms with Crippen LogP contribution in [-0.2, 0) is 16.0 Å². The first-order chi connectivity index (χ1) is 13.2. The molecule has 1 saturated heterocycles. The average molecular weight is 359 g/mol. The summed E-state index contributed by atoms with van der Waals surface area (Å²) >= 11 is 0. The van der Waals surface area contributed by atoms with E-state index in [0.717, 1.165) is 17.2 Å². The molecule has 4 heteroatoms. The predicted molar refractivity (Wildman–Crippen MR) is 104 cm³/mol. The SMILES string of the molecule is O=C(Oc1ccc2ccccc2c1)C1CC(=O)N(CCc2ccccc2)C1. The van der Waals surface area contributed by atoms with E-state index >= 15 is 0 Å². The fourth-order valence-corrected chi connectivity index (χ4v) is 3.49. The van der Waals surface area contributed by atoms with Crippen molar-refractivity contribution in [3.63, 3.8) is 0 Å². The van der Waals surface area contributed by atoms with Crippen LogP contribution in [0.4, 0.5) is 0 Å². The van der Waals surface area contributed by atoms with Crippen LogP contribution in [0.1, 0.15) is 12.0 Å². The number of fused-ring (bicyclic) bond motifs is 1. The summed E-state index contributed by atoms with van der Waals surface area (Å²) in [5.74, 6) is -0.194. The zero-order valence-corrected chi connectivity index (χ0v) is 15.0. The highest BCUT2D eigenvalue weighted by Gasteiger charge is 2.35. The zero-order chi connectivity index (χ0) is 18.6. The molecule has 0 bridgehead atoms. The zero-order valence-electron chi connectivity index (χ0n) is 15.0. The van der Waals surface area contributed by atoms with Crippen molar-refractivity contribution in [3.8, 4) is 5.75 Å². The molecule has 1 unspecified atom stereocenters. The number of carbonyl (C=O) groups excluding carboxylic acids is 2. The van der Waals surface area contributed by atoms with Gasteiger partial charge in [0.2, 0.25) is 5.91 Å². The number of rotatable bonds is 5. The lowest BCUT2D eigenvalue weighted by atomic mass is 10.1. The van der Waals surface area contributed by atoms with Crippen LogP contribution in [0.3, 0.4) is 0 Å². The number of hydrogen-bond donors (Lipinski definition) is 0. The van der Waals surface area contributed by atoms with Gasteiger partial charge in [-0.2, -0.15) is 0 Å². The van der Waals surface area contributed by atoms with E-state index in [1.165, 1.54) is 5.56 Å². The number of ether oxygens (including phenoxy) is 1. The molecular formula is C23H21NO3. The Morgan fingerprint density at radius 3 is 2.52 bits per heavy atom. The number of hydrogen-bond acceptors (Lipinski definition) is 3. The number of amides is 1. The molecule has 4 nitrogen and oxygen atoms in total. The van der Waals surface area contributed by atoms with Crippen LogP contribution < -0.4 is 4.74 Å². The molecule has 136 valence electrons. The Kier molecular flexibility index (Phi) is 4.88. The molecule has 3 aromatic carbocycles. The normalized spacial score (nSPS) is 16.7. The Bertz CT molecular complexity index is 968. The number of nitrogens with zero attached hydrogens (tertiary/aromatic N) is 1. The fraction of sp³-hybridized carbons (Fsp3) is 0.217. The summed E-state index contributed by atoms with van der Waals surface area (Å²) in [5, 5.41) is 2.12. The van der Waals surface area contributed by atoms with Crippen molar-refractivity contribution in [3.05, 3.63) is 78.4 Å². The Morgan fingerprint density at radius 1 is 0.963 bits per heavy atom. The highest BCUT2D eigenvalue weighted by molar-refractivity contribution is 5.89. The van der Waals surface area contributed by atoms with Gasteiger partial charge in [-0.3, -0.25) is 9.59 Å². The van der Waals surface area contributed by atoms with E-state index in [2.05, 4.69) is 0 Å². The van der Waals surface area contributed by atoms with Crippen LogP contribution >= 0.6 is 0 Å². The molecule has 0 aliphatic carbocycles. The van der Waals surface area contributed by atoms with E-state index in [1.54, 1.807) is 11.0 Å². The maximum atomic E-state index is 12.5. The third-order valence-electron chi connectivity index (χ3n) is 5.00. The number of esters is 1. The van der Waals surface area contributed by atoms with Crippen molar-refractivity contribution in [2.24, 2.45) is 5.92 Å². The largest absolute Gasteiger partial charge is 0.426 e. The molecule has 0 aromatic heterocycles. The van der Waals surface area contributed by atoms with Crippen molar-refractivity contribution < 1.29 is 14.3 Å². The predicted octanol–water partition coefficient (Wildman–Crippen LogP) is 3.84. The minimum atomic E-state index is -0.403. The molecule has 27 heavy (non-hydrogen) atoms. The first-order valence-corrected chi connectivity index (χ1v) is 9.21. The molecule has 1 amide bonds. The second-order valence-electron chi connectivity index (χ2n) is 6.91. The van der Waals surface area contributed by atoms with Gasteiger partial charge in [-0.05, 0) is 34.9 Å². The fourth-order valence-electron chi connectivity index (χ4n) is 3.49. The van der Waals surface area contributed by atoms with Crippen LogP contribution in [0.25, 0.3) is 10.8 Å². The summed E-state index contributed by atoms with van der Waals surface area (Å²) in [6.07, 6.45) is 1.01. The van der Waals surface area contributed by atoms with Gasteiger partial charge in [-0.15, -0.1) is 0 Å². The van der Waals surface area contributed by atoms with Gasteiger partial charge in [0, 0.05) is 19.5 Å². The molecule has 0 N–H and O–H groups in total. The van der Waals surface area contributed by atoms with Crippen molar-refractivity contribution >= 4 is 22.6 Å². The number of likely N-dealkylation sites (tertiary alicyclic amines) is 1. The molecule has 1 fully saturated rings.